The Hall–Kier alpha value is -1.07. The fraction of sp³-hybridized carbons (Fsp3) is 0.571. The van der Waals surface area contributed by atoms with Gasteiger partial charge in [0.1, 0.15) is 22.2 Å². The Bertz CT molecular complexity index is 454. The van der Waals surface area contributed by atoms with Gasteiger partial charge in [0.05, 0.1) is 5.75 Å². The fourth-order valence-corrected chi connectivity index (χ4v) is 2.18. The van der Waals surface area contributed by atoms with Gasteiger partial charge in [-0.2, -0.15) is 0 Å². The second-order valence-corrected chi connectivity index (χ2v) is 6.88. The summed E-state index contributed by atoms with van der Waals surface area (Å²) in [4.78, 5) is 0. The van der Waals surface area contributed by atoms with Gasteiger partial charge >= 0.3 is 0 Å². The number of rotatable bonds is 9. The van der Waals surface area contributed by atoms with E-state index in [1.165, 1.54) is 11.8 Å². The van der Waals surface area contributed by atoms with E-state index in [0.717, 1.165) is 18.6 Å². The zero-order valence-electron chi connectivity index (χ0n) is 11.7. The number of hydrogen-bond acceptors (Lipinski definition) is 4. The Labute approximate surface area is 116 Å². The highest BCUT2D eigenvalue weighted by atomic mass is 32.2. The number of sulfone groups is 1. The summed E-state index contributed by atoms with van der Waals surface area (Å²) in [6, 6.07) is 8.11. The SMILES string of the molecule is CCCc1ccc(OCCNCCS(C)(=O)=O)cc1. The average molecular weight is 285 g/mol. The van der Waals surface area contributed by atoms with Crippen molar-refractivity contribution in [1.82, 2.24) is 5.32 Å². The molecule has 0 atom stereocenters. The Kier molecular flexibility index (Phi) is 6.87. The molecule has 0 aliphatic carbocycles. The Morgan fingerprint density at radius 2 is 1.84 bits per heavy atom. The van der Waals surface area contributed by atoms with Gasteiger partial charge in [0.2, 0.25) is 0 Å². The molecule has 0 heterocycles. The maximum Gasteiger partial charge on any atom is 0.148 e. The van der Waals surface area contributed by atoms with Gasteiger partial charge in [-0.15, -0.1) is 0 Å². The molecular weight excluding hydrogens is 262 g/mol. The van der Waals surface area contributed by atoms with Gasteiger partial charge in [-0.05, 0) is 24.1 Å². The van der Waals surface area contributed by atoms with Gasteiger partial charge in [-0.1, -0.05) is 25.5 Å². The van der Waals surface area contributed by atoms with Gasteiger partial charge in [0.15, 0.2) is 0 Å². The Morgan fingerprint density at radius 3 is 2.42 bits per heavy atom. The summed E-state index contributed by atoms with van der Waals surface area (Å²) < 4.78 is 27.4. The van der Waals surface area contributed by atoms with Crippen LogP contribution in [0.3, 0.4) is 0 Å². The van der Waals surface area contributed by atoms with Crippen LogP contribution in [0.1, 0.15) is 18.9 Å². The summed E-state index contributed by atoms with van der Waals surface area (Å²) in [5, 5.41) is 3.04. The van der Waals surface area contributed by atoms with Crippen LogP contribution in [0.25, 0.3) is 0 Å². The summed E-state index contributed by atoms with van der Waals surface area (Å²) >= 11 is 0. The molecule has 0 unspecified atom stereocenters. The maximum atomic E-state index is 10.9. The van der Waals surface area contributed by atoms with E-state index in [4.69, 9.17) is 4.74 Å². The zero-order valence-corrected chi connectivity index (χ0v) is 12.5. The minimum absolute atomic E-state index is 0.165. The monoisotopic (exact) mass is 285 g/mol. The number of nitrogens with one attached hydrogen (secondary N) is 1. The second kappa shape index (κ2) is 8.17. The molecule has 1 aromatic carbocycles. The Morgan fingerprint density at radius 1 is 1.16 bits per heavy atom. The molecule has 0 spiro atoms. The molecule has 0 aliphatic heterocycles. The molecule has 0 saturated heterocycles. The summed E-state index contributed by atoms with van der Waals surface area (Å²) in [6.45, 7) is 3.81. The number of aryl methyl sites for hydroxylation is 1. The van der Waals surface area contributed by atoms with E-state index < -0.39 is 9.84 Å². The lowest BCUT2D eigenvalue weighted by Gasteiger charge is -2.08. The molecule has 0 aromatic heterocycles. The quantitative estimate of drug-likeness (QED) is 0.701. The first-order valence-corrected chi connectivity index (χ1v) is 8.67. The van der Waals surface area contributed by atoms with Gasteiger partial charge in [-0.3, -0.25) is 0 Å². The lowest BCUT2D eigenvalue weighted by Crippen LogP contribution is -2.26. The third-order valence-electron chi connectivity index (χ3n) is 2.66. The van der Waals surface area contributed by atoms with Crippen LogP contribution < -0.4 is 10.1 Å². The van der Waals surface area contributed by atoms with Crippen LogP contribution in [-0.4, -0.2) is 40.1 Å². The van der Waals surface area contributed by atoms with Crippen molar-refractivity contribution in [3.05, 3.63) is 29.8 Å². The lowest BCUT2D eigenvalue weighted by molar-refractivity contribution is 0.315. The highest BCUT2D eigenvalue weighted by molar-refractivity contribution is 7.90. The van der Waals surface area contributed by atoms with Crippen molar-refractivity contribution in [2.45, 2.75) is 19.8 Å². The van der Waals surface area contributed by atoms with Crippen molar-refractivity contribution in [3.63, 3.8) is 0 Å². The molecule has 5 heteroatoms. The molecule has 0 bridgehead atoms. The van der Waals surface area contributed by atoms with Crippen molar-refractivity contribution in [1.29, 1.82) is 0 Å². The van der Waals surface area contributed by atoms with Gasteiger partial charge in [0.25, 0.3) is 0 Å². The molecule has 0 amide bonds. The van der Waals surface area contributed by atoms with E-state index in [1.54, 1.807) is 0 Å². The smallest absolute Gasteiger partial charge is 0.148 e. The molecular formula is C14H23NO3S. The van der Waals surface area contributed by atoms with Crippen LogP contribution in [0, 0.1) is 0 Å². The van der Waals surface area contributed by atoms with Gasteiger partial charge < -0.3 is 10.1 Å². The highest BCUT2D eigenvalue weighted by Crippen LogP contribution is 2.12. The van der Waals surface area contributed by atoms with E-state index in [0.29, 0.717) is 19.7 Å². The van der Waals surface area contributed by atoms with Crippen molar-refractivity contribution in [2.24, 2.45) is 0 Å². The van der Waals surface area contributed by atoms with Gasteiger partial charge in [-0.25, -0.2) is 8.42 Å². The van der Waals surface area contributed by atoms with E-state index in [2.05, 4.69) is 24.4 Å². The average Bonchev–Trinajstić information content (AvgIpc) is 2.35. The lowest BCUT2D eigenvalue weighted by atomic mass is 10.1. The van der Waals surface area contributed by atoms with Gasteiger partial charge in [0, 0.05) is 19.3 Å². The third kappa shape index (κ3) is 7.85. The van der Waals surface area contributed by atoms with E-state index in [1.807, 2.05) is 12.1 Å². The minimum atomic E-state index is -2.88. The first-order valence-electron chi connectivity index (χ1n) is 6.61. The first-order chi connectivity index (χ1) is 9.01. The number of hydrogen-bond donors (Lipinski definition) is 1. The first kappa shape index (κ1) is 16.0. The maximum absolute atomic E-state index is 10.9. The second-order valence-electron chi connectivity index (χ2n) is 4.62. The summed E-state index contributed by atoms with van der Waals surface area (Å²) in [7, 11) is -2.88. The van der Waals surface area contributed by atoms with Crippen LogP contribution in [0.15, 0.2) is 24.3 Å². The predicted molar refractivity (Wildman–Crippen MR) is 78.5 cm³/mol. The van der Waals surface area contributed by atoms with Crippen LogP contribution in [-0.2, 0) is 16.3 Å². The molecule has 1 rings (SSSR count). The highest BCUT2D eigenvalue weighted by Gasteiger charge is 2.00. The van der Waals surface area contributed by atoms with Crippen LogP contribution in [0.5, 0.6) is 5.75 Å². The number of benzene rings is 1. The largest absolute Gasteiger partial charge is 0.492 e. The van der Waals surface area contributed by atoms with Crippen LogP contribution in [0.2, 0.25) is 0 Å². The van der Waals surface area contributed by atoms with Crippen molar-refractivity contribution < 1.29 is 13.2 Å². The topological polar surface area (TPSA) is 55.4 Å². The van der Waals surface area contributed by atoms with E-state index in [9.17, 15) is 8.42 Å². The summed E-state index contributed by atoms with van der Waals surface area (Å²) in [5.41, 5.74) is 1.32. The number of ether oxygens (including phenoxy) is 1. The van der Waals surface area contributed by atoms with E-state index >= 15 is 0 Å². The zero-order chi connectivity index (χ0) is 14.1. The Balaban J connectivity index is 2.15. The molecule has 108 valence electrons. The fourth-order valence-electron chi connectivity index (χ4n) is 1.66. The van der Waals surface area contributed by atoms with Crippen molar-refractivity contribution in [2.75, 3.05) is 31.7 Å². The van der Waals surface area contributed by atoms with Crippen molar-refractivity contribution >= 4 is 9.84 Å². The molecule has 0 fully saturated rings. The molecule has 19 heavy (non-hydrogen) atoms. The van der Waals surface area contributed by atoms with Crippen LogP contribution in [0.4, 0.5) is 0 Å². The third-order valence-corrected chi connectivity index (χ3v) is 3.60. The minimum Gasteiger partial charge on any atom is -0.492 e. The molecule has 4 nitrogen and oxygen atoms in total. The molecule has 0 radical (unpaired) electrons. The molecule has 0 aliphatic rings. The summed E-state index contributed by atoms with van der Waals surface area (Å²) in [5.74, 6) is 1.02. The molecule has 1 N–H and O–H groups in total. The normalized spacial score (nSPS) is 11.5. The van der Waals surface area contributed by atoms with Crippen molar-refractivity contribution in [3.8, 4) is 5.75 Å². The predicted octanol–water partition coefficient (Wildman–Crippen LogP) is 1.65. The van der Waals surface area contributed by atoms with E-state index in [-0.39, 0.29) is 5.75 Å². The summed E-state index contributed by atoms with van der Waals surface area (Å²) in [6.07, 6.45) is 3.47. The standard InChI is InChI=1S/C14H23NO3S/c1-3-4-13-5-7-14(8-6-13)18-11-9-15-10-12-19(2,16)17/h5-8,15H,3-4,9-12H2,1-2H3. The molecule has 1 aromatic rings. The molecule has 0 saturated carbocycles. The van der Waals surface area contributed by atoms with Crippen LogP contribution >= 0.6 is 0 Å².